The first-order valence-electron chi connectivity index (χ1n) is 10.3. The third kappa shape index (κ3) is 3.15. The fourth-order valence-corrected chi connectivity index (χ4v) is 4.16. The number of nitrogens with two attached hydrogens (primary N) is 1. The number of aryl methyl sites for hydroxylation is 3. The van der Waals surface area contributed by atoms with E-state index in [0.717, 1.165) is 16.7 Å². The topological polar surface area (TPSA) is 142 Å². The average Bonchev–Trinajstić information content (AvgIpc) is 3.25. The Hall–Kier alpha value is -4.46. The number of aromatic nitrogens is 7. The number of hydrogen-bond donors (Lipinski definition) is 1. The summed E-state index contributed by atoms with van der Waals surface area (Å²) >= 11 is 0. The molecule has 5 rings (SSSR count). The summed E-state index contributed by atoms with van der Waals surface area (Å²) in [6.07, 6.45) is -0.437. The van der Waals surface area contributed by atoms with E-state index in [0.29, 0.717) is 28.5 Å². The van der Waals surface area contributed by atoms with E-state index in [1.165, 1.54) is 9.36 Å². The lowest BCUT2D eigenvalue weighted by Gasteiger charge is -2.20. The van der Waals surface area contributed by atoms with E-state index in [-0.39, 0.29) is 23.7 Å². The molecular weight excluding hydrogens is 422 g/mol. The molecule has 2 bridgehead atoms. The molecule has 166 valence electrons. The predicted octanol–water partition coefficient (Wildman–Crippen LogP) is 1.70. The van der Waals surface area contributed by atoms with Crippen molar-refractivity contribution in [1.82, 2.24) is 34.3 Å². The second kappa shape index (κ2) is 7.30. The second-order valence-electron chi connectivity index (χ2n) is 8.05. The fraction of sp³-hybridized carbons (Fsp3) is 0.273. The molecule has 0 fully saturated rings. The average molecular weight is 443 g/mol. The first-order valence-corrected chi connectivity index (χ1v) is 10.3. The first kappa shape index (κ1) is 20.4. The second-order valence-corrected chi connectivity index (χ2v) is 8.05. The number of nitrogens with zero attached hydrogens (tertiary/aromatic N) is 8. The van der Waals surface area contributed by atoms with Gasteiger partial charge in [0.1, 0.15) is 23.6 Å². The van der Waals surface area contributed by atoms with Crippen LogP contribution >= 0.6 is 0 Å². The normalized spacial score (nSPS) is 14.7. The third-order valence-corrected chi connectivity index (χ3v) is 5.77. The van der Waals surface area contributed by atoms with Crippen LogP contribution in [0.5, 0.6) is 5.75 Å². The summed E-state index contributed by atoms with van der Waals surface area (Å²) in [6.45, 7) is 3.97. The predicted molar refractivity (Wildman–Crippen MR) is 119 cm³/mol. The Balaban J connectivity index is 1.88. The summed E-state index contributed by atoms with van der Waals surface area (Å²) in [5.41, 5.74) is 10.0. The van der Waals surface area contributed by atoms with Crippen molar-refractivity contribution in [3.8, 4) is 34.5 Å². The Labute approximate surface area is 188 Å². The van der Waals surface area contributed by atoms with Crippen LogP contribution in [-0.2, 0) is 20.6 Å². The van der Waals surface area contributed by atoms with Crippen LogP contribution in [0.4, 0.5) is 5.82 Å². The number of nitriles is 1. The zero-order valence-electron chi connectivity index (χ0n) is 18.6. The van der Waals surface area contributed by atoms with Crippen molar-refractivity contribution in [2.45, 2.75) is 26.5 Å². The number of ether oxygens (including phenoxy) is 1. The molecule has 4 heterocycles. The Morgan fingerprint density at radius 1 is 1.18 bits per heavy atom. The van der Waals surface area contributed by atoms with Crippen LogP contribution in [0.25, 0.3) is 22.6 Å². The lowest BCUT2D eigenvalue weighted by atomic mass is 9.99. The number of nitrogen functional groups attached to an aromatic ring is 1. The highest BCUT2D eigenvalue weighted by atomic mass is 16.5. The van der Waals surface area contributed by atoms with E-state index in [9.17, 15) is 10.1 Å². The van der Waals surface area contributed by atoms with Crippen molar-refractivity contribution >= 4 is 5.82 Å². The standard InChI is InChI=1S/C22H21N9O2/c1-11-5-6-13-14(7-11)12(2)33-18-8-15(25-26-20(18)24)19-16(27-29(3)17(19)9-23)10-31-21(13)28-30(4)22(31)32/h5-8,12H,10H2,1-4H3,(H2,24,26)/t12-/m1/s1. The lowest BCUT2D eigenvalue weighted by Crippen LogP contribution is -2.24. The minimum Gasteiger partial charge on any atom is -0.482 e. The molecule has 0 saturated heterocycles. The van der Waals surface area contributed by atoms with Crippen LogP contribution in [0.1, 0.15) is 35.5 Å². The van der Waals surface area contributed by atoms with Crippen LogP contribution in [-0.4, -0.2) is 34.3 Å². The number of hydrogen-bond acceptors (Lipinski definition) is 8. The van der Waals surface area contributed by atoms with E-state index in [4.69, 9.17) is 10.5 Å². The molecule has 0 spiro atoms. The maximum absolute atomic E-state index is 13.1. The number of anilines is 1. The molecular formula is C22H21N9O2. The van der Waals surface area contributed by atoms with Gasteiger partial charge in [-0.15, -0.1) is 15.3 Å². The van der Waals surface area contributed by atoms with Crippen molar-refractivity contribution in [2.75, 3.05) is 5.73 Å². The molecule has 3 aromatic heterocycles. The van der Waals surface area contributed by atoms with Crippen LogP contribution in [0.2, 0.25) is 0 Å². The molecule has 11 nitrogen and oxygen atoms in total. The van der Waals surface area contributed by atoms with Gasteiger partial charge in [-0.25, -0.2) is 9.48 Å². The van der Waals surface area contributed by atoms with Gasteiger partial charge in [0.05, 0.1) is 17.8 Å². The van der Waals surface area contributed by atoms with Gasteiger partial charge in [0.25, 0.3) is 0 Å². The minimum absolute atomic E-state index is 0.0941. The molecule has 33 heavy (non-hydrogen) atoms. The number of benzene rings is 1. The van der Waals surface area contributed by atoms with Crippen LogP contribution in [0, 0.1) is 18.3 Å². The largest absolute Gasteiger partial charge is 0.482 e. The monoisotopic (exact) mass is 443 g/mol. The highest BCUT2D eigenvalue weighted by Crippen LogP contribution is 2.36. The van der Waals surface area contributed by atoms with Crippen LogP contribution in [0.15, 0.2) is 29.1 Å². The molecule has 0 amide bonds. The van der Waals surface area contributed by atoms with Crippen molar-refractivity contribution in [2.24, 2.45) is 14.1 Å². The van der Waals surface area contributed by atoms with E-state index < -0.39 is 6.10 Å². The summed E-state index contributed by atoms with van der Waals surface area (Å²) in [6, 6.07) is 9.71. The maximum atomic E-state index is 13.1. The van der Waals surface area contributed by atoms with E-state index >= 15 is 0 Å². The van der Waals surface area contributed by atoms with Gasteiger partial charge in [-0.1, -0.05) is 23.8 Å². The summed E-state index contributed by atoms with van der Waals surface area (Å²) < 4.78 is 10.5. The molecule has 1 aliphatic heterocycles. The lowest BCUT2D eigenvalue weighted by molar-refractivity contribution is 0.227. The van der Waals surface area contributed by atoms with Crippen molar-refractivity contribution < 1.29 is 4.74 Å². The zero-order valence-corrected chi connectivity index (χ0v) is 18.6. The molecule has 1 atom stereocenters. The SMILES string of the molecule is Cc1ccc2c(c1)[C@@H](C)Oc1cc(nnc1N)-c1c(nn(C)c1C#N)Cn1c-2nn(C)c1=O. The molecule has 11 heteroatoms. The van der Waals surface area contributed by atoms with Gasteiger partial charge in [0.15, 0.2) is 17.4 Å². The van der Waals surface area contributed by atoms with E-state index in [2.05, 4.69) is 26.5 Å². The Kier molecular flexibility index (Phi) is 4.52. The van der Waals surface area contributed by atoms with Gasteiger partial charge in [-0.2, -0.15) is 10.4 Å². The number of rotatable bonds is 0. The molecule has 2 N–H and O–H groups in total. The zero-order chi connectivity index (χ0) is 23.4. The van der Waals surface area contributed by atoms with Gasteiger partial charge < -0.3 is 10.5 Å². The fourth-order valence-electron chi connectivity index (χ4n) is 4.16. The Morgan fingerprint density at radius 3 is 2.73 bits per heavy atom. The molecule has 1 aliphatic rings. The molecule has 1 aromatic carbocycles. The summed E-state index contributed by atoms with van der Waals surface area (Å²) in [5, 5.41) is 27.1. The molecule has 4 aromatic rings. The smallest absolute Gasteiger partial charge is 0.346 e. The summed E-state index contributed by atoms with van der Waals surface area (Å²) in [7, 11) is 3.27. The van der Waals surface area contributed by atoms with Crippen molar-refractivity contribution in [3.05, 3.63) is 57.3 Å². The van der Waals surface area contributed by atoms with Crippen molar-refractivity contribution in [1.29, 1.82) is 5.26 Å². The quantitative estimate of drug-likeness (QED) is 0.433. The van der Waals surface area contributed by atoms with Gasteiger partial charge in [0.2, 0.25) is 0 Å². The van der Waals surface area contributed by atoms with Gasteiger partial charge in [0, 0.05) is 31.3 Å². The molecule has 0 aliphatic carbocycles. The van der Waals surface area contributed by atoms with Gasteiger partial charge >= 0.3 is 5.69 Å². The molecule has 0 unspecified atom stereocenters. The van der Waals surface area contributed by atoms with E-state index in [1.54, 1.807) is 24.7 Å². The highest BCUT2D eigenvalue weighted by molar-refractivity contribution is 5.71. The maximum Gasteiger partial charge on any atom is 0.346 e. The van der Waals surface area contributed by atoms with Gasteiger partial charge in [-0.05, 0) is 13.8 Å². The highest BCUT2D eigenvalue weighted by Gasteiger charge is 2.27. The first-order chi connectivity index (χ1) is 15.8. The summed E-state index contributed by atoms with van der Waals surface area (Å²) in [4.78, 5) is 13.1. The Bertz CT molecular complexity index is 1520. The third-order valence-electron chi connectivity index (χ3n) is 5.77. The van der Waals surface area contributed by atoms with E-state index in [1.807, 2.05) is 32.0 Å². The Morgan fingerprint density at radius 2 is 1.97 bits per heavy atom. The van der Waals surface area contributed by atoms with Crippen LogP contribution < -0.4 is 16.2 Å². The van der Waals surface area contributed by atoms with Crippen molar-refractivity contribution in [3.63, 3.8) is 0 Å². The minimum atomic E-state index is -0.437. The number of fused-ring (bicyclic) bond motifs is 7. The van der Waals surface area contributed by atoms with Crippen LogP contribution in [0.3, 0.4) is 0 Å². The molecule has 0 radical (unpaired) electrons. The molecule has 0 saturated carbocycles. The summed E-state index contributed by atoms with van der Waals surface area (Å²) in [5.74, 6) is 0.958. The van der Waals surface area contributed by atoms with Gasteiger partial charge in [-0.3, -0.25) is 9.25 Å².